The van der Waals surface area contributed by atoms with Crippen LogP contribution in [-0.4, -0.2) is 59.2 Å². The molecule has 2 amide bonds. The van der Waals surface area contributed by atoms with Gasteiger partial charge < -0.3 is 29.5 Å². The molecule has 10 nitrogen and oxygen atoms in total. The average Bonchev–Trinajstić information content (AvgIpc) is 2.91. The van der Waals surface area contributed by atoms with Crippen LogP contribution in [0.4, 0.5) is 0 Å². The zero-order valence-electron chi connectivity index (χ0n) is 23.4. The maximum atomic E-state index is 12.3. The molecule has 0 bridgehead atoms. The van der Waals surface area contributed by atoms with Gasteiger partial charge >= 0.3 is 15.2 Å². The number of rotatable bonds is 16. The van der Waals surface area contributed by atoms with Gasteiger partial charge in [0.2, 0.25) is 0 Å². The molecule has 0 aromatic heterocycles. The van der Waals surface area contributed by atoms with E-state index in [0.29, 0.717) is 37.1 Å². The van der Waals surface area contributed by atoms with Crippen LogP contribution in [-0.2, 0) is 18.2 Å². The summed E-state index contributed by atoms with van der Waals surface area (Å²) in [4.78, 5) is 43.9. The summed E-state index contributed by atoms with van der Waals surface area (Å²) >= 11 is 0. The fourth-order valence-electron chi connectivity index (χ4n) is 3.12. The topological polar surface area (TPSA) is 151 Å². The summed E-state index contributed by atoms with van der Waals surface area (Å²) in [5.41, 5.74) is 1.86. The Morgan fingerprint density at radius 2 is 1.02 bits per heavy atom. The minimum Gasteiger partial charge on any atom is -0.352 e. The van der Waals surface area contributed by atoms with Crippen molar-refractivity contribution >= 4 is 39.2 Å². The number of amides is 2. The Hall–Kier alpha value is -2.58. The highest BCUT2D eigenvalue weighted by Crippen LogP contribution is 2.47. The summed E-state index contributed by atoms with van der Waals surface area (Å²) in [6.45, 7) is 7.31. The molecule has 220 valence electrons. The SMILES string of the molecule is CC(C)P(=O)(O)OCCCNC(=O)c1ccc(/C=C/c2ccc(C(=O)NCCCOP(=O)(O)C(C)C)cc2)cc1. The van der Waals surface area contributed by atoms with Crippen LogP contribution < -0.4 is 10.6 Å². The number of benzene rings is 2. The van der Waals surface area contributed by atoms with Gasteiger partial charge in [0, 0.05) is 24.2 Å². The first-order chi connectivity index (χ1) is 18.8. The molecule has 0 aliphatic rings. The van der Waals surface area contributed by atoms with Gasteiger partial charge in [-0.25, -0.2) is 0 Å². The lowest BCUT2D eigenvalue weighted by Crippen LogP contribution is -2.25. The fraction of sp³-hybridized carbons (Fsp3) is 0.429. The molecular formula is C28H40N2O8P2. The van der Waals surface area contributed by atoms with E-state index in [4.69, 9.17) is 9.05 Å². The number of hydrogen-bond donors (Lipinski definition) is 4. The van der Waals surface area contributed by atoms with Crippen LogP contribution >= 0.6 is 15.2 Å². The highest BCUT2D eigenvalue weighted by molar-refractivity contribution is 7.53. The lowest BCUT2D eigenvalue weighted by atomic mass is 10.1. The van der Waals surface area contributed by atoms with Crippen molar-refractivity contribution in [3.8, 4) is 0 Å². The van der Waals surface area contributed by atoms with E-state index in [2.05, 4.69) is 10.6 Å². The van der Waals surface area contributed by atoms with Crippen molar-refractivity contribution in [2.45, 2.75) is 51.9 Å². The van der Waals surface area contributed by atoms with Crippen LogP contribution in [0.1, 0.15) is 72.4 Å². The predicted octanol–water partition coefficient (Wildman–Crippen LogP) is 5.32. The molecule has 0 saturated heterocycles. The Balaban J connectivity index is 1.75. The van der Waals surface area contributed by atoms with Crippen LogP contribution in [0, 0.1) is 0 Å². The second-order valence-corrected chi connectivity index (χ2v) is 14.6. The van der Waals surface area contributed by atoms with Gasteiger partial charge in [-0.3, -0.25) is 18.7 Å². The molecule has 12 heteroatoms. The van der Waals surface area contributed by atoms with Crippen LogP contribution in [0.3, 0.4) is 0 Å². The smallest absolute Gasteiger partial charge is 0.330 e. The summed E-state index contributed by atoms with van der Waals surface area (Å²) in [7, 11) is -7.19. The van der Waals surface area contributed by atoms with Gasteiger partial charge in [-0.15, -0.1) is 0 Å². The molecule has 40 heavy (non-hydrogen) atoms. The lowest BCUT2D eigenvalue weighted by Gasteiger charge is -2.15. The monoisotopic (exact) mass is 594 g/mol. The fourth-order valence-corrected chi connectivity index (χ4v) is 4.50. The van der Waals surface area contributed by atoms with E-state index < -0.39 is 26.5 Å². The quantitative estimate of drug-likeness (QED) is 0.116. The average molecular weight is 595 g/mol. The van der Waals surface area contributed by atoms with Crippen LogP contribution in [0.25, 0.3) is 12.2 Å². The first-order valence-corrected chi connectivity index (χ1v) is 16.5. The molecule has 0 radical (unpaired) electrons. The van der Waals surface area contributed by atoms with Gasteiger partial charge in [0.1, 0.15) is 0 Å². The minimum absolute atomic E-state index is 0.0893. The van der Waals surface area contributed by atoms with E-state index in [0.717, 1.165) is 11.1 Å². The number of carbonyl (C=O) groups is 2. The molecule has 0 spiro atoms. The van der Waals surface area contributed by atoms with Crippen molar-refractivity contribution in [3.63, 3.8) is 0 Å². The van der Waals surface area contributed by atoms with Crippen molar-refractivity contribution in [3.05, 3.63) is 70.8 Å². The van der Waals surface area contributed by atoms with Gasteiger partial charge in [-0.1, -0.05) is 64.1 Å². The third-order valence-corrected chi connectivity index (χ3v) is 9.60. The van der Waals surface area contributed by atoms with E-state index >= 15 is 0 Å². The maximum absolute atomic E-state index is 12.3. The highest BCUT2D eigenvalue weighted by Gasteiger charge is 2.24. The lowest BCUT2D eigenvalue weighted by molar-refractivity contribution is 0.0942. The van der Waals surface area contributed by atoms with Crippen LogP contribution in [0.5, 0.6) is 0 Å². The van der Waals surface area contributed by atoms with Gasteiger partial charge in [-0.05, 0) is 48.2 Å². The Morgan fingerprint density at radius 1 is 0.700 bits per heavy atom. The molecule has 0 saturated carbocycles. The summed E-state index contributed by atoms with van der Waals surface area (Å²) in [5.74, 6) is -0.478. The van der Waals surface area contributed by atoms with Crippen molar-refractivity contribution < 1.29 is 37.6 Å². The summed E-state index contributed by atoms with van der Waals surface area (Å²) in [5, 5.41) is 5.53. The van der Waals surface area contributed by atoms with Gasteiger partial charge in [-0.2, -0.15) is 0 Å². The first-order valence-electron chi connectivity index (χ1n) is 13.2. The minimum atomic E-state index is -3.60. The number of nitrogens with one attached hydrogen (secondary N) is 2. The largest absolute Gasteiger partial charge is 0.352 e. The van der Waals surface area contributed by atoms with E-state index in [-0.39, 0.29) is 25.0 Å². The standard InChI is InChI=1S/C28H40N2O8P2/c1-21(2)39(33,34)37-19-5-17-29-27(31)25-13-9-23(10-14-25)7-8-24-11-15-26(16-12-24)28(32)30-18-6-20-38-40(35,36)22(3)4/h7-16,21-22H,5-6,17-20H2,1-4H3,(H,29,31)(H,30,32)(H,33,34)(H,35,36)/b8-7+. The molecule has 2 unspecified atom stereocenters. The molecule has 0 aliphatic heterocycles. The van der Waals surface area contributed by atoms with Crippen molar-refractivity contribution in [2.75, 3.05) is 26.3 Å². The number of carbonyl (C=O) groups excluding carboxylic acids is 2. The van der Waals surface area contributed by atoms with Crippen molar-refractivity contribution in [1.82, 2.24) is 10.6 Å². The molecule has 2 atom stereocenters. The van der Waals surface area contributed by atoms with Gasteiger partial charge in [0.25, 0.3) is 11.8 Å². The molecule has 0 heterocycles. The second-order valence-electron chi connectivity index (χ2n) is 9.78. The van der Waals surface area contributed by atoms with Crippen molar-refractivity contribution in [2.24, 2.45) is 0 Å². The van der Waals surface area contributed by atoms with Crippen molar-refractivity contribution in [1.29, 1.82) is 0 Å². The molecule has 0 fully saturated rings. The van der Waals surface area contributed by atoms with Crippen LogP contribution in [0.2, 0.25) is 0 Å². The molecule has 2 aromatic carbocycles. The normalized spacial score (nSPS) is 14.7. The first kappa shape index (κ1) is 33.6. The maximum Gasteiger partial charge on any atom is 0.330 e. The van der Waals surface area contributed by atoms with E-state index in [1.807, 2.05) is 36.4 Å². The zero-order valence-corrected chi connectivity index (χ0v) is 25.2. The number of hydrogen-bond acceptors (Lipinski definition) is 6. The summed E-state index contributed by atoms with van der Waals surface area (Å²) in [6.07, 6.45) is 4.64. The van der Waals surface area contributed by atoms with Gasteiger partial charge in [0.15, 0.2) is 0 Å². The van der Waals surface area contributed by atoms with Gasteiger partial charge in [0.05, 0.1) is 24.5 Å². The van der Waals surface area contributed by atoms with E-state index in [1.165, 1.54) is 0 Å². The van der Waals surface area contributed by atoms with Crippen LogP contribution in [0.15, 0.2) is 48.5 Å². The Bertz CT molecular complexity index is 1130. The Labute approximate surface area is 236 Å². The third-order valence-electron chi connectivity index (χ3n) is 5.88. The van der Waals surface area contributed by atoms with E-state index in [9.17, 15) is 28.5 Å². The third kappa shape index (κ3) is 11.5. The second kappa shape index (κ2) is 16.0. The molecular weight excluding hydrogens is 554 g/mol. The molecule has 0 aliphatic carbocycles. The zero-order chi connectivity index (χ0) is 29.8. The Kier molecular flexibility index (Phi) is 13.5. The Morgan fingerprint density at radius 3 is 1.32 bits per heavy atom. The molecule has 2 aromatic rings. The summed E-state index contributed by atoms with van der Waals surface area (Å²) < 4.78 is 33.6. The molecule has 4 N–H and O–H groups in total. The van der Waals surface area contributed by atoms with E-state index in [1.54, 1.807) is 52.0 Å². The highest BCUT2D eigenvalue weighted by atomic mass is 31.2. The molecule has 2 rings (SSSR count). The summed E-state index contributed by atoms with van der Waals surface area (Å²) in [6, 6.07) is 14.1. The predicted molar refractivity (Wildman–Crippen MR) is 158 cm³/mol.